The van der Waals surface area contributed by atoms with Crippen molar-refractivity contribution in [2.45, 2.75) is 6.29 Å². The maximum absolute atomic E-state index is 11.9. The smallest absolute Gasteiger partial charge is 0.321 e. The van der Waals surface area contributed by atoms with Gasteiger partial charge < -0.3 is 19.7 Å². The largest absolute Gasteiger partial charge is 0.348 e. The summed E-state index contributed by atoms with van der Waals surface area (Å²) in [5, 5.41) is 11.4. The summed E-state index contributed by atoms with van der Waals surface area (Å²) < 4.78 is 10.5. The Bertz CT molecular complexity index is 475. The lowest BCUT2D eigenvalue weighted by molar-refractivity contribution is -0.0518. The molecule has 1 aromatic carbocycles. The molecule has 0 aliphatic carbocycles. The molecular formula is C13H15N3O3. The van der Waals surface area contributed by atoms with Crippen LogP contribution in [0.5, 0.6) is 0 Å². The summed E-state index contributed by atoms with van der Waals surface area (Å²) in [4.78, 5) is 13.4. The maximum atomic E-state index is 11.9. The van der Waals surface area contributed by atoms with Gasteiger partial charge in [-0.3, -0.25) is 0 Å². The standard InChI is InChI=1S/C13H15N3O3/c1-16(9-12-18-6-7-19-12)13(17)15-11-4-2-10(8-14)3-5-11/h2-5,12H,6-7,9H2,1H3,(H,15,17). The van der Waals surface area contributed by atoms with Gasteiger partial charge in [-0.25, -0.2) is 4.79 Å². The Balaban J connectivity index is 1.86. The molecule has 0 radical (unpaired) electrons. The predicted molar refractivity (Wildman–Crippen MR) is 68.5 cm³/mol. The first kappa shape index (κ1) is 13.3. The quantitative estimate of drug-likeness (QED) is 0.892. The zero-order valence-electron chi connectivity index (χ0n) is 10.6. The van der Waals surface area contributed by atoms with E-state index in [4.69, 9.17) is 14.7 Å². The van der Waals surface area contributed by atoms with E-state index in [9.17, 15) is 4.79 Å². The van der Waals surface area contributed by atoms with E-state index < -0.39 is 0 Å². The van der Waals surface area contributed by atoms with Crippen molar-refractivity contribution >= 4 is 11.7 Å². The predicted octanol–water partition coefficient (Wildman–Crippen LogP) is 1.39. The molecule has 1 fully saturated rings. The second-order valence-corrected chi connectivity index (χ2v) is 4.17. The average molecular weight is 261 g/mol. The highest BCUT2D eigenvalue weighted by Crippen LogP contribution is 2.10. The molecule has 1 saturated heterocycles. The number of nitriles is 1. The highest BCUT2D eigenvalue weighted by molar-refractivity contribution is 5.89. The second-order valence-electron chi connectivity index (χ2n) is 4.17. The molecule has 6 nitrogen and oxygen atoms in total. The summed E-state index contributed by atoms with van der Waals surface area (Å²) in [6, 6.07) is 8.45. The Kier molecular flexibility index (Phi) is 4.34. The molecule has 1 aliphatic rings. The first-order chi connectivity index (χ1) is 9.19. The van der Waals surface area contributed by atoms with Crippen molar-refractivity contribution in [2.24, 2.45) is 0 Å². The molecule has 1 N–H and O–H groups in total. The number of urea groups is 1. The first-order valence-corrected chi connectivity index (χ1v) is 5.94. The van der Waals surface area contributed by atoms with Crippen LogP contribution in [-0.4, -0.2) is 44.0 Å². The van der Waals surface area contributed by atoms with Crippen molar-refractivity contribution < 1.29 is 14.3 Å². The van der Waals surface area contributed by atoms with Crippen molar-refractivity contribution in [2.75, 3.05) is 32.1 Å². The third-order valence-corrected chi connectivity index (χ3v) is 2.73. The number of rotatable bonds is 3. The number of benzene rings is 1. The third-order valence-electron chi connectivity index (χ3n) is 2.73. The van der Waals surface area contributed by atoms with Crippen LogP contribution in [-0.2, 0) is 9.47 Å². The molecule has 1 aliphatic heterocycles. The van der Waals surface area contributed by atoms with Crippen molar-refractivity contribution in [3.05, 3.63) is 29.8 Å². The van der Waals surface area contributed by atoms with Gasteiger partial charge in [0.25, 0.3) is 0 Å². The van der Waals surface area contributed by atoms with E-state index in [2.05, 4.69) is 5.32 Å². The van der Waals surface area contributed by atoms with Crippen molar-refractivity contribution in [3.63, 3.8) is 0 Å². The number of hydrogen-bond acceptors (Lipinski definition) is 4. The Hall–Kier alpha value is -2.10. The Morgan fingerprint density at radius 1 is 1.42 bits per heavy atom. The van der Waals surface area contributed by atoms with E-state index in [-0.39, 0.29) is 12.3 Å². The molecule has 0 saturated carbocycles. The Morgan fingerprint density at radius 3 is 2.63 bits per heavy atom. The number of anilines is 1. The van der Waals surface area contributed by atoms with Gasteiger partial charge in [-0.05, 0) is 24.3 Å². The average Bonchev–Trinajstić information content (AvgIpc) is 2.92. The van der Waals surface area contributed by atoms with Crippen LogP contribution in [0.1, 0.15) is 5.56 Å². The summed E-state index contributed by atoms with van der Waals surface area (Å²) in [5.74, 6) is 0. The summed E-state index contributed by atoms with van der Waals surface area (Å²) in [6.45, 7) is 1.51. The SMILES string of the molecule is CN(CC1OCCO1)C(=O)Nc1ccc(C#N)cc1. The molecule has 0 spiro atoms. The van der Waals surface area contributed by atoms with E-state index in [1.807, 2.05) is 6.07 Å². The minimum Gasteiger partial charge on any atom is -0.348 e. The normalized spacial score (nSPS) is 14.9. The van der Waals surface area contributed by atoms with Gasteiger partial charge in [-0.1, -0.05) is 0 Å². The van der Waals surface area contributed by atoms with Gasteiger partial charge in [0.05, 0.1) is 31.4 Å². The molecule has 1 heterocycles. The van der Waals surface area contributed by atoms with E-state index >= 15 is 0 Å². The van der Waals surface area contributed by atoms with E-state index in [0.29, 0.717) is 31.0 Å². The van der Waals surface area contributed by atoms with Crippen molar-refractivity contribution in [1.82, 2.24) is 4.90 Å². The summed E-state index contributed by atoms with van der Waals surface area (Å²) in [5.41, 5.74) is 1.20. The van der Waals surface area contributed by atoms with E-state index in [1.165, 1.54) is 4.90 Å². The van der Waals surface area contributed by atoms with Gasteiger partial charge in [0.1, 0.15) is 0 Å². The lowest BCUT2D eigenvalue weighted by Gasteiger charge is -2.20. The number of likely N-dealkylation sites (N-methyl/N-ethyl adjacent to an activating group) is 1. The fourth-order valence-electron chi connectivity index (χ4n) is 1.67. The lowest BCUT2D eigenvalue weighted by Crippen LogP contribution is -2.37. The van der Waals surface area contributed by atoms with Gasteiger partial charge >= 0.3 is 6.03 Å². The van der Waals surface area contributed by atoms with Crippen LogP contribution in [0.15, 0.2) is 24.3 Å². The first-order valence-electron chi connectivity index (χ1n) is 5.94. The lowest BCUT2D eigenvalue weighted by atomic mass is 10.2. The zero-order chi connectivity index (χ0) is 13.7. The van der Waals surface area contributed by atoms with Crippen LogP contribution in [0.4, 0.5) is 10.5 Å². The third kappa shape index (κ3) is 3.68. The number of hydrogen-bond donors (Lipinski definition) is 1. The fraction of sp³-hybridized carbons (Fsp3) is 0.385. The minimum absolute atomic E-state index is 0.246. The monoisotopic (exact) mass is 261 g/mol. The molecule has 1 aromatic rings. The number of amides is 2. The van der Waals surface area contributed by atoms with Crippen LogP contribution in [0.2, 0.25) is 0 Å². The van der Waals surface area contributed by atoms with Crippen LogP contribution in [0.25, 0.3) is 0 Å². The molecule has 19 heavy (non-hydrogen) atoms. The Morgan fingerprint density at radius 2 is 2.05 bits per heavy atom. The molecule has 6 heteroatoms. The molecule has 2 amide bonds. The number of nitrogens with one attached hydrogen (secondary N) is 1. The molecule has 0 aromatic heterocycles. The molecule has 100 valence electrons. The van der Waals surface area contributed by atoms with Crippen LogP contribution in [0.3, 0.4) is 0 Å². The van der Waals surface area contributed by atoms with E-state index in [0.717, 1.165) is 0 Å². The van der Waals surface area contributed by atoms with Crippen LogP contribution < -0.4 is 5.32 Å². The molecule has 0 bridgehead atoms. The van der Waals surface area contributed by atoms with Gasteiger partial charge in [0.15, 0.2) is 6.29 Å². The molecular weight excluding hydrogens is 246 g/mol. The Labute approximate surface area is 111 Å². The number of ether oxygens (including phenoxy) is 2. The summed E-state index contributed by atoms with van der Waals surface area (Å²) >= 11 is 0. The van der Waals surface area contributed by atoms with Crippen LogP contribution >= 0.6 is 0 Å². The number of carbonyl (C=O) groups is 1. The fourth-order valence-corrected chi connectivity index (χ4v) is 1.67. The number of nitrogens with zero attached hydrogens (tertiary/aromatic N) is 2. The van der Waals surface area contributed by atoms with Gasteiger partial charge in [0.2, 0.25) is 0 Å². The maximum Gasteiger partial charge on any atom is 0.321 e. The van der Waals surface area contributed by atoms with Crippen molar-refractivity contribution in [1.29, 1.82) is 5.26 Å². The molecule has 0 atom stereocenters. The van der Waals surface area contributed by atoms with Gasteiger partial charge in [0, 0.05) is 12.7 Å². The molecule has 0 unspecified atom stereocenters. The topological polar surface area (TPSA) is 74.6 Å². The zero-order valence-corrected chi connectivity index (χ0v) is 10.6. The molecule has 2 rings (SSSR count). The number of carbonyl (C=O) groups excluding carboxylic acids is 1. The van der Waals surface area contributed by atoms with Crippen LogP contribution in [0, 0.1) is 11.3 Å². The second kappa shape index (κ2) is 6.18. The highest BCUT2D eigenvalue weighted by Gasteiger charge is 2.20. The minimum atomic E-state index is -0.350. The van der Waals surface area contributed by atoms with Gasteiger partial charge in [-0.15, -0.1) is 0 Å². The summed E-state index contributed by atoms with van der Waals surface area (Å²) in [6.07, 6.45) is -0.350. The highest BCUT2D eigenvalue weighted by atomic mass is 16.7. The summed E-state index contributed by atoms with van der Waals surface area (Å²) in [7, 11) is 1.67. The van der Waals surface area contributed by atoms with Crippen molar-refractivity contribution in [3.8, 4) is 6.07 Å². The van der Waals surface area contributed by atoms with Gasteiger partial charge in [-0.2, -0.15) is 5.26 Å². The van der Waals surface area contributed by atoms with E-state index in [1.54, 1.807) is 31.3 Å².